The Hall–Kier alpha value is -0.630. The van der Waals surface area contributed by atoms with Crippen LogP contribution in [0.3, 0.4) is 0 Å². The van der Waals surface area contributed by atoms with E-state index in [1.165, 1.54) is 19.3 Å². The minimum Gasteiger partial charge on any atom is -0.465 e. The number of hydrogen-bond acceptors (Lipinski definition) is 3. The molecule has 0 aromatic heterocycles. The van der Waals surface area contributed by atoms with Crippen LogP contribution in [0.2, 0.25) is 0 Å². The number of alkyl halides is 3. The lowest BCUT2D eigenvalue weighted by atomic mass is 9.93. The maximum atomic E-state index is 13.8. The Labute approximate surface area is 183 Å². The standard InChI is InChI=1S/C22H42F3NO3S/c1-7-8-9-10-11-12-13-14-15-18(20(27)29-16-17(2)3)19(22(23,24)25)26-30(28)21(4,5)6/h17-19,26H,7-16H2,1-6H3/t18-,19-,30-/m0/s1. The third-order valence-corrected chi connectivity index (χ3v) is 6.36. The molecule has 4 nitrogen and oxygen atoms in total. The molecule has 1 N–H and O–H groups in total. The predicted molar refractivity (Wildman–Crippen MR) is 117 cm³/mol. The molecule has 0 aliphatic heterocycles. The van der Waals surface area contributed by atoms with E-state index >= 15 is 0 Å². The number of nitrogens with one attached hydrogen (secondary N) is 1. The van der Waals surface area contributed by atoms with Crippen LogP contribution in [0, 0.1) is 11.8 Å². The summed E-state index contributed by atoms with van der Waals surface area (Å²) in [4.78, 5) is 12.5. The molecule has 180 valence electrons. The number of esters is 1. The van der Waals surface area contributed by atoms with Gasteiger partial charge in [0.2, 0.25) is 0 Å². The van der Waals surface area contributed by atoms with Crippen LogP contribution >= 0.6 is 0 Å². The van der Waals surface area contributed by atoms with E-state index in [4.69, 9.17) is 4.74 Å². The quantitative estimate of drug-likeness (QED) is 0.231. The number of ether oxygens (including phenoxy) is 1. The van der Waals surface area contributed by atoms with Crippen molar-refractivity contribution >= 4 is 17.0 Å². The Kier molecular flexibility index (Phi) is 14.1. The largest absolute Gasteiger partial charge is 0.465 e. The summed E-state index contributed by atoms with van der Waals surface area (Å²) in [5, 5.41) is 0. The highest BCUT2D eigenvalue weighted by Crippen LogP contribution is 2.31. The fraction of sp³-hybridized carbons (Fsp3) is 0.955. The first-order valence-corrected chi connectivity index (χ1v) is 12.4. The van der Waals surface area contributed by atoms with E-state index in [2.05, 4.69) is 11.6 Å². The van der Waals surface area contributed by atoms with Crippen molar-refractivity contribution in [3.8, 4) is 0 Å². The van der Waals surface area contributed by atoms with Crippen LogP contribution in [0.1, 0.15) is 99.3 Å². The number of hydrogen-bond donors (Lipinski definition) is 1. The summed E-state index contributed by atoms with van der Waals surface area (Å²) in [6.45, 7) is 10.6. The summed E-state index contributed by atoms with van der Waals surface area (Å²) in [6, 6.07) is -2.19. The highest BCUT2D eigenvalue weighted by Gasteiger charge is 2.49. The lowest BCUT2D eigenvalue weighted by Crippen LogP contribution is -2.53. The van der Waals surface area contributed by atoms with Gasteiger partial charge in [-0.2, -0.15) is 13.2 Å². The maximum Gasteiger partial charge on any atom is 0.405 e. The molecule has 3 atom stereocenters. The van der Waals surface area contributed by atoms with E-state index in [0.717, 1.165) is 25.7 Å². The van der Waals surface area contributed by atoms with Gasteiger partial charge in [-0.25, -0.2) is 8.93 Å². The molecule has 0 aromatic carbocycles. The van der Waals surface area contributed by atoms with Gasteiger partial charge in [-0.3, -0.25) is 4.79 Å². The van der Waals surface area contributed by atoms with Gasteiger partial charge in [-0.1, -0.05) is 72.1 Å². The highest BCUT2D eigenvalue weighted by molar-refractivity contribution is 7.84. The van der Waals surface area contributed by atoms with Crippen LogP contribution in [0.5, 0.6) is 0 Å². The van der Waals surface area contributed by atoms with Gasteiger partial charge >= 0.3 is 12.1 Å². The van der Waals surface area contributed by atoms with Gasteiger partial charge in [0, 0.05) is 0 Å². The van der Waals surface area contributed by atoms with Crippen LogP contribution in [0.25, 0.3) is 0 Å². The average Bonchev–Trinajstić information content (AvgIpc) is 2.61. The molecule has 0 heterocycles. The van der Waals surface area contributed by atoms with Crippen LogP contribution in [0.15, 0.2) is 0 Å². The molecule has 8 heteroatoms. The zero-order chi connectivity index (χ0) is 23.4. The van der Waals surface area contributed by atoms with Crippen molar-refractivity contribution in [3.05, 3.63) is 0 Å². The SMILES string of the molecule is CCCCCCCCCC[C@H](C(=O)OCC(C)C)[C@H](N[S@@](=O)C(C)(C)C)C(F)(F)F. The van der Waals surface area contributed by atoms with Crippen molar-refractivity contribution in [2.24, 2.45) is 11.8 Å². The van der Waals surface area contributed by atoms with Gasteiger partial charge in [-0.05, 0) is 33.1 Å². The molecule has 0 saturated heterocycles. The third kappa shape index (κ3) is 12.9. The molecule has 0 bridgehead atoms. The molecular weight excluding hydrogens is 415 g/mol. The lowest BCUT2D eigenvalue weighted by Gasteiger charge is -2.31. The van der Waals surface area contributed by atoms with E-state index in [-0.39, 0.29) is 18.9 Å². The first kappa shape index (κ1) is 29.4. The van der Waals surface area contributed by atoms with Gasteiger partial charge in [0.15, 0.2) is 0 Å². The molecule has 0 fully saturated rings. The summed E-state index contributed by atoms with van der Waals surface area (Å²) in [5.41, 5.74) is 0. The van der Waals surface area contributed by atoms with Crippen molar-refractivity contribution in [2.45, 2.75) is 116 Å². The smallest absolute Gasteiger partial charge is 0.405 e. The third-order valence-electron chi connectivity index (χ3n) is 4.78. The topological polar surface area (TPSA) is 55.4 Å². The summed E-state index contributed by atoms with van der Waals surface area (Å²) in [7, 11) is -1.96. The van der Waals surface area contributed by atoms with Crippen molar-refractivity contribution < 1.29 is 26.9 Å². The van der Waals surface area contributed by atoms with E-state index < -0.39 is 39.8 Å². The van der Waals surface area contributed by atoms with Crippen LogP contribution < -0.4 is 4.72 Å². The molecule has 0 saturated carbocycles. The minimum absolute atomic E-state index is 0.0266. The molecule has 0 aliphatic rings. The fourth-order valence-corrected chi connectivity index (χ4v) is 3.83. The monoisotopic (exact) mass is 457 g/mol. The number of carbonyl (C=O) groups is 1. The summed E-state index contributed by atoms with van der Waals surface area (Å²) in [5.74, 6) is -2.25. The first-order chi connectivity index (χ1) is 13.8. The summed E-state index contributed by atoms with van der Waals surface area (Å²) in [6.07, 6.45) is 3.30. The van der Waals surface area contributed by atoms with Gasteiger partial charge in [-0.15, -0.1) is 0 Å². The predicted octanol–water partition coefficient (Wildman–Crippen LogP) is 6.32. The summed E-state index contributed by atoms with van der Waals surface area (Å²) < 4.78 is 60.3. The van der Waals surface area contributed by atoms with Crippen molar-refractivity contribution in [1.29, 1.82) is 0 Å². The zero-order valence-corrected chi connectivity index (χ0v) is 20.4. The van der Waals surface area contributed by atoms with E-state index in [0.29, 0.717) is 6.42 Å². The lowest BCUT2D eigenvalue weighted by molar-refractivity contribution is -0.180. The van der Waals surface area contributed by atoms with Crippen molar-refractivity contribution in [1.82, 2.24) is 4.72 Å². The Balaban J connectivity index is 5.12. The second-order valence-electron chi connectivity index (χ2n) is 9.41. The normalized spacial score (nSPS) is 15.8. The fourth-order valence-electron chi connectivity index (χ4n) is 2.94. The van der Waals surface area contributed by atoms with Gasteiger partial charge < -0.3 is 4.74 Å². The van der Waals surface area contributed by atoms with Gasteiger partial charge in [0.1, 0.15) is 6.04 Å². The Morgan fingerprint density at radius 3 is 1.90 bits per heavy atom. The van der Waals surface area contributed by atoms with Crippen LogP contribution in [-0.4, -0.2) is 33.8 Å². The van der Waals surface area contributed by atoms with Gasteiger partial charge in [0.05, 0.1) is 28.3 Å². The van der Waals surface area contributed by atoms with Crippen LogP contribution in [0.4, 0.5) is 13.2 Å². The van der Waals surface area contributed by atoms with E-state index in [1.807, 2.05) is 13.8 Å². The number of rotatable bonds is 15. The highest BCUT2D eigenvalue weighted by atomic mass is 32.2. The van der Waals surface area contributed by atoms with Gasteiger partial charge in [0.25, 0.3) is 0 Å². The molecule has 0 rings (SSSR count). The Morgan fingerprint density at radius 2 is 1.47 bits per heavy atom. The average molecular weight is 458 g/mol. The molecular formula is C22H42F3NO3S. The zero-order valence-electron chi connectivity index (χ0n) is 19.6. The molecule has 0 unspecified atom stereocenters. The molecule has 0 aliphatic carbocycles. The molecule has 0 radical (unpaired) electrons. The van der Waals surface area contributed by atoms with Crippen molar-refractivity contribution in [3.63, 3.8) is 0 Å². The molecule has 0 amide bonds. The maximum absolute atomic E-state index is 13.8. The molecule has 0 aromatic rings. The van der Waals surface area contributed by atoms with E-state index in [9.17, 15) is 22.2 Å². The summed E-state index contributed by atoms with van der Waals surface area (Å²) >= 11 is 0. The molecule has 30 heavy (non-hydrogen) atoms. The van der Waals surface area contributed by atoms with Crippen molar-refractivity contribution in [2.75, 3.05) is 6.61 Å². The second kappa shape index (κ2) is 14.4. The Morgan fingerprint density at radius 1 is 0.967 bits per heavy atom. The number of unbranched alkanes of at least 4 members (excludes halogenated alkanes) is 7. The second-order valence-corrected chi connectivity index (χ2v) is 11.4. The minimum atomic E-state index is -4.71. The first-order valence-electron chi connectivity index (χ1n) is 11.2. The van der Waals surface area contributed by atoms with Crippen LogP contribution in [-0.2, 0) is 20.5 Å². The number of halogens is 3. The Bertz CT molecular complexity index is 505. The molecule has 0 spiro atoms. The number of carbonyl (C=O) groups excluding carboxylic acids is 1. The van der Waals surface area contributed by atoms with E-state index in [1.54, 1.807) is 20.8 Å².